The van der Waals surface area contributed by atoms with Crippen LogP contribution in [0.15, 0.2) is 65.6 Å². The van der Waals surface area contributed by atoms with Crippen molar-refractivity contribution in [3.8, 4) is 0 Å². The SMILES string of the molecule is C[C@@]1([C@@]2(Sc3ccccc3)C[C@@H]2CCc2ccccc2)CO1. The van der Waals surface area contributed by atoms with Gasteiger partial charge in [-0.15, -0.1) is 11.8 Å². The topological polar surface area (TPSA) is 12.5 Å². The van der Waals surface area contributed by atoms with Gasteiger partial charge in [-0.1, -0.05) is 48.5 Å². The lowest BCUT2D eigenvalue weighted by molar-refractivity contribution is 0.300. The van der Waals surface area contributed by atoms with Crippen molar-refractivity contribution in [3.63, 3.8) is 0 Å². The van der Waals surface area contributed by atoms with Gasteiger partial charge in [0.05, 0.1) is 11.4 Å². The van der Waals surface area contributed by atoms with Gasteiger partial charge in [-0.2, -0.15) is 0 Å². The monoisotopic (exact) mass is 310 g/mol. The van der Waals surface area contributed by atoms with Crippen molar-refractivity contribution >= 4 is 11.8 Å². The highest BCUT2D eigenvalue weighted by molar-refractivity contribution is 8.01. The minimum absolute atomic E-state index is 0.0921. The third kappa shape index (κ3) is 2.59. The summed E-state index contributed by atoms with van der Waals surface area (Å²) in [5.41, 5.74) is 1.55. The van der Waals surface area contributed by atoms with Crippen LogP contribution in [0.5, 0.6) is 0 Å². The smallest absolute Gasteiger partial charge is 0.104 e. The molecule has 2 aliphatic rings. The van der Waals surface area contributed by atoms with Crippen LogP contribution < -0.4 is 0 Å². The van der Waals surface area contributed by atoms with Crippen LogP contribution in [-0.2, 0) is 11.2 Å². The van der Waals surface area contributed by atoms with Crippen LogP contribution in [-0.4, -0.2) is 17.0 Å². The van der Waals surface area contributed by atoms with E-state index in [4.69, 9.17) is 4.74 Å². The maximum Gasteiger partial charge on any atom is 0.104 e. The molecule has 2 fully saturated rings. The van der Waals surface area contributed by atoms with E-state index < -0.39 is 0 Å². The molecule has 2 aromatic carbocycles. The van der Waals surface area contributed by atoms with Crippen molar-refractivity contribution < 1.29 is 4.74 Å². The highest BCUT2D eigenvalue weighted by Crippen LogP contribution is 2.68. The molecule has 1 heterocycles. The quantitative estimate of drug-likeness (QED) is 0.699. The van der Waals surface area contributed by atoms with E-state index in [1.165, 1.54) is 29.7 Å². The van der Waals surface area contributed by atoms with Gasteiger partial charge >= 0.3 is 0 Å². The minimum Gasteiger partial charge on any atom is -0.368 e. The molecule has 1 saturated carbocycles. The Morgan fingerprint density at radius 1 is 1.05 bits per heavy atom. The van der Waals surface area contributed by atoms with E-state index in [2.05, 4.69) is 67.6 Å². The summed E-state index contributed by atoms with van der Waals surface area (Å²) in [7, 11) is 0. The minimum atomic E-state index is 0.0921. The fourth-order valence-corrected chi connectivity index (χ4v) is 5.18. The molecular formula is C20H22OS. The van der Waals surface area contributed by atoms with Crippen molar-refractivity contribution in [1.82, 2.24) is 0 Å². The molecular weight excluding hydrogens is 288 g/mol. The Morgan fingerprint density at radius 2 is 1.68 bits per heavy atom. The Morgan fingerprint density at radius 3 is 2.32 bits per heavy atom. The first-order valence-corrected chi connectivity index (χ1v) is 8.95. The molecule has 1 aliphatic carbocycles. The Labute approximate surface area is 137 Å². The van der Waals surface area contributed by atoms with Crippen molar-refractivity contribution in [2.45, 2.75) is 41.4 Å². The second-order valence-corrected chi connectivity index (χ2v) is 8.15. The fraction of sp³-hybridized carbons (Fsp3) is 0.400. The zero-order valence-corrected chi connectivity index (χ0v) is 13.8. The highest BCUT2D eigenvalue weighted by atomic mass is 32.2. The van der Waals surface area contributed by atoms with E-state index in [1.807, 2.05) is 11.8 Å². The lowest BCUT2D eigenvalue weighted by Gasteiger charge is -2.22. The normalized spacial score (nSPS) is 32.7. The summed E-state index contributed by atoms with van der Waals surface area (Å²) in [4.78, 5) is 1.38. The van der Waals surface area contributed by atoms with Gasteiger partial charge in [-0.05, 0) is 49.8 Å². The highest BCUT2D eigenvalue weighted by Gasteiger charge is 2.70. The summed E-state index contributed by atoms with van der Waals surface area (Å²) in [6.45, 7) is 3.22. The lowest BCUT2D eigenvalue weighted by Crippen LogP contribution is -2.28. The number of rotatable bonds is 6. The molecule has 114 valence electrons. The van der Waals surface area contributed by atoms with Crippen LogP contribution >= 0.6 is 11.8 Å². The summed E-state index contributed by atoms with van der Waals surface area (Å²) in [6.07, 6.45) is 3.73. The van der Waals surface area contributed by atoms with E-state index in [-0.39, 0.29) is 5.60 Å². The first-order chi connectivity index (χ1) is 10.7. The predicted octanol–water partition coefficient (Wildman–Crippen LogP) is 4.96. The van der Waals surface area contributed by atoms with Crippen LogP contribution in [0.4, 0.5) is 0 Å². The average Bonchev–Trinajstić information content (AvgIpc) is 3.46. The average molecular weight is 310 g/mol. The molecule has 0 spiro atoms. The summed E-state index contributed by atoms with van der Waals surface area (Å²) in [5.74, 6) is 0.769. The zero-order chi connectivity index (χ0) is 15.0. The van der Waals surface area contributed by atoms with Crippen molar-refractivity contribution in [2.24, 2.45) is 5.92 Å². The van der Waals surface area contributed by atoms with Gasteiger partial charge in [0.25, 0.3) is 0 Å². The maximum atomic E-state index is 5.86. The Bertz CT molecular complexity index is 635. The number of aryl methyl sites for hydroxylation is 1. The summed E-state index contributed by atoms with van der Waals surface area (Å²) in [5, 5.41) is 0. The summed E-state index contributed by atoms with van der Waals surface area (Å²) in [6, 6.07) is 21.7. The van der Waals surface area contributed by atoms with Gasteiger partial charge in [0.15, 0.2) is 0 Å². The number of thioether (sulfide) groups is 1. The standard InChI is InChI=1S/C20H22OS/c1-19(15-21-19)20(22-18-10-6-3-7-11-18)14-17(20)13-12-16-8-4-2-5-9-16/h2-11,17H,12-15H2,1H3/t17-,19-,20+/m0/s1. The largest absolute Gasteiger partial charge is 0.368 e. The molecule has 22 heavy (non-hydrogen) atoms. The molecule has 1 nitrogen and oxygen atoms in total. The first-order valence-electron chi connectivity index (χ1n) is 8.14. The fourth-order valence-electron chi connectivity index (χ4n) is 3.56. The Hall–Kier alpha value is -1.25. The molecule has 0 bridgehead atoms. The van der Waals surface area contributed by atoms with Crippen molar-refractivity contribution in [1.29, 1.82) is 0 Å². The summed E-state index contributed by atoms with van der Waals surface area (Å²) < 4.78 is 6.15. The molecule has 1 saturated heterocycles. The zero-order valence-electron chi connectivity index (χ0n) is 13.0. The first kappa shape index (κ1) is 14.3. The van der Waals surface area contributed by atoms with Gasteiger partial charge in [0, 0.05) is 4.90 Å². The third-order valence-corrected chi connectivity index (χ3v) is 6.99. The lowest BCUT2D eigenvalue weighted by atomic mass is 10.0. The Balaban J connectivity index is 1.46. The molecule has 0 unspecified atom stereocenters. The molecule has 3 atom stereocenters. The number of hydrogen-bond donors (Lipinski definition) is 0. The summed E-state index contributed by atoms with van der Waals surface area (Å²) >= 11 is 2.04. The number of ether oxygens (including phenoxy) is 1. The molecule has 0 amide bonds. The molecule has 0 aromatic heterocycles. The molecule has 0 N–H and O–H groups in total. The molecule has 2 heteroatoms. The van der Waals surface area contributed by atoms with Crippen LogP contribution in [0.3, 0.4) is 0 Å². The van der Waals surface area contributed by atoms with Crippen LogP contribution in [0.25, 0.3) is 0 Å². The Kier molecular flexibility index (Phi) is 3.54. The van der Waals surface area contributed by atoms with Gasteiger partial charge in [0.2, 0.25) is 0 Å². The third-order valence-electron chi connectivity index (χ3n) is 5.19. The second kappa shape index (κ2) is 5.43. The predicted molar refractivity (Wildman–Crippen MR) is 92.3 cm³/mol. The molecule has 1 aliphatic heterocycles. The van der Waals surface area contributed by atoms with Crippen LogP contribution in [0, 0.1) is 5.92 Å². The van der Waals surface area contributed by atoms with E-state index in [1.54, 1.807) is 0 Å². The number of epoxide rings is 1. The van der Waals surface area contributed by atoms with Crippen molar-refractivity contribution in [3.05, 3.63) is 66.2 Å². The van der Waals surface area contributed by atoms with E-state index in [9.17, 15) is 0 Å². The van der Waals surface area contributed by atoms with Gasteiger partial charge in [-0.25, -0.2) is 0 Å². The van der Waals surface area contributed by atoms with Gasteiger partial charge in [-0.3, -0.25) is 0 Å². The van der Waals surface area contributed by atoms with E-state index in [0.717, 1.165) is 12.5 Å². The molecule has 4 rings (SSSR count). The molecule has 0 radical (unpaired) electrons. The number of benzene rings is 2. The molecule has 2 aromatic rings. The van der Waals surface area contributed by atoms with Gasteiger partial charge in [0.1, 0.15) is 5.60 Å². The van der Waals surface area contributed by atoms with Crippen LogP contribution in [0.1, 0.15) is 25.3 Å². The van der Waals surface area contributed by atoms with E-state index in [0.29, 0.717) is 4.75 Å². The van der Waals surface area contributed by atoms with Crippen LogP contribution in [0.2, 0.25) is 0 Å². The van der Waals surface area contributed by atoms with Crippen molar-refractivity contribution in [2.75, 3.05) is 6.61 Å². The maximum absolute atomic E-state index is 5.86. The second-order valence-electron chi connectivity index (χ2n) is 6.75. The van der Waals surface area contributed by atoms with E-state index >= 15 is 0 Å². The number of hydrogen-bond acceptors (Lipinski definition) is 2. The van der Waals surface area contributed by atoms with Gasteiger partial charge < -0.3 is 4.74 Å².